The summed E-state index contributed by atoms with van der Waals surface area (Å²) in [5, 5.41) is 11.1. The van der Waals surface area contributed by atoms with E-state index in [-0.39, 0.29) is 0 Å². The summed E-state index contributed by atoms with van der Waals surface area (Å²) in [6, 6.07) is 0. The molecule has 0 bridgehead atoms. The van der Waals surface area contributed by atoms with E-state index in [2.05, 4.69) is 15.6 Å². The third kappa shape index (κ3) is 3.00. The lowest BCUT2D eigenvalue weighted by Gasteiger charge is -2.22. The molecule has 0 amide bonds. The van der Waals surface area contributed by atoms with Crippen molar-refractivity contribution in [3.05, 3.63) is 11.9 Å². The number of aryl methyl sites for hydroxylation is 1. The normalized spacial score (nSPS) is 21.8. The van der Waals surface area contributed by atoms with E-state index in [4.69, 9.17) is 4.74 Å². The van der Waals surface area contributed by atoms with Gasteiger partial charge in [0, 0.05) is 26.7 Å². The van der Waals surface area contributed by atoms with Gasteiger partial charge in [-0.1, -0.05) is 5.21 Å². The molecule has 1 N–H and O–H groups in total. The molecule has 0 aromatic carbocycles. The van der Waals surface area contributed by atoms with Crippen LogP contribution in [0.4, 0.5) is 0 Å². The van der Waals surface area contributed by atoms with E-state index in [1.807, 2.05) is 7.05 Å². The Bertz CT molecular complexity index is 293. The Balaban J connectivity index is 1.68. The molecule has 0 aliphatic carbocycles. The predicted molar refractivity (Wildman–Crippen MR) is 56.3 cm³/mol. The zero-order chi connectivity index (χ0) is 10.5. The minimum atomic E-state index is 0.389. The van der Waals surface area contributed by atoms with Gasteiger partial charge in [0.05, 0.1) is 18.0 Å². The van der Waals surface area contributed by atoms with Crippen LogP contribution in [-0.2, 0) is 18.3 Å². The highest BCUT2D eigenvalue weighted by Crippen LogP contribution is 2.11. The van der Waals surface area contributed by atoms with Crippen molar-refractivity contribution in [1.29, 1.82) is 0 Å². The van der Waals surface area contributed by atoms with Gasteiger partial charge in [-0.3, -0.25) is 4.68 Å². The molecule has 1 fully saturated rings. The fourth-order valence-electron chi connectivity index (χ4n) is 1.80. The number of ether oxygens (including phenoxy) is 1. The molecular weight excluding hydrogens is 192 g/mol. The topological polar surface area (TPSA) is 52.0 Å². The first-order valence-electron chi connectivity index (χ1n) is 5.52. The van der Waals surface area contributed by atoms with Gasteiger partial charge in [-0.2, -0.15) is 0 Å². The first-order chi connectivity index (χ1) is 7.36. The summed E-state index contributed by atoms with van der Waals surface area (Å²) in [6.07, 6.45) is 5.85. The first kappa shape index (κ1) is 10.6. The molecule has 2 rings (SSSR count). The largest absolute Gasteiger partial charge is 0.377 e. The average molecular weight is 210 g/mol. The lowest BCUT2D eigenvalue weighted by Crippen LogP contribution is -2.31. The lowest BCUT2D eigenvalue weighted by atomic mass is 10.1. The van der Waals surface area contributed by atoms with Crippen LogP contribution in [0.3, 0.4) is 0 Å². The van der Waals surface area contributed by atoms with Crippen molar-refractivity contribution in [2.24, 2.45) is 7.05 Å². The van der Waals surface area contributed by atoms with Crippen molar-refractivity contribution >= 4 is 0 Å². The second kappa shape index (κ2) is 5.23. The zero-order valence-corrected chi connectivity index (χ0v) is 9.15. The van der Waals surface area contributed by atoms with Crippen molar-refractivity contribution in [2.45, 2.75) is 31.9 Å². The Morgan fingerprint density at radius 1 is 1.60 bits per heavy atom. The molecular formula is C10H18N4O. The minimum Gasteiger partial charge on any atom is -0.377 e. The highest BCUT2D eigenvalue weighted by Gasteiger charge is 2.13. The molecule has 2 heterocycles. The smallest absolute Gasteiger partial charge is 0.0738 e. The molecule has 1 atom stereocenters. The number of hydrogen-bond acceptors (Lipinski definition) is 4. The maximum Gasteiger partial charge on any atom is 0.0738 e. The number of aromatic nitrogens is 3. The molecule has 1 unspecified atom stereocenters. The number of rotatable bonds is 4. The van der Waals surface area contributed by atoms with Crippen LogP contribution in [0.25, 0.3) is 0 Å². The highest BCUT2D eigenvalue weighted by atomic mass is 16.5. The fourth-order valence-corrected chi connectivity index (χ4v) is 1.80. The van der Waals surface area contributed by atoms with Gasteiger partial charge in [0.1, 0.15) is 0 Å². The predicted octanol–water partition coefficient (Wildman–Crippen LogP) is 0.474. The van der Waals surface area contributed by atoms with Crippen molar-refractivity contribution in [1.82, 2.24) is 20.3 Å². The molecule has 0 radical (unpaired) electrons. The zero-order valence-electron chi connectivity index (χ0n) is 9.15. The summed E-state index contributed by atoms with van der Waals surface area (Å²) in [4.78, 5) is 0. The Labute approximate surface area is 89.8 Å². The summed E-state index contributed by atoms with van der Waals surface area (Å²) in [5.41, 5.74) is 1.10. The van der Waals surface area contributed by atoms with Crippen LogP contribution in [0, 0.1) is 0 Å². The Morgan fingerprint density at radius 3 is 3.20 bits per heavy atom. The second-order valence-corrected chi connectivity index (χ2v) is 3.97. The van der Waals surface area contributed by atoms with Crippen LogP contribution < -0.4 is 5.32 Å². The number of hydrogen-bond donors (Lipinski definition) is 1. The van der Waals surface area contributed by atoms with Crippen LogP contribution in [-0.4, -0.2) is 34.2 Å². The van der Waals surface area contributed by atoms with Crippen molar-refractivity contribution in [3.63, 3.8) is 0 Å². The summed E-state index contributed by atoms with van der Waals surface area (Å²) in [6.45, 7) is 2.65. The molecule has 1 aliphatic rings. The molecule has 1 saturated heterocycles. The monoisotopic (exact) mass is 210 g/mol. The quantitative estimate of drug-likeness (QED) is 0.785. The summed E-state index contributed by atoms with van der Waals surface area (Å²) < 4.78 is 7.41. The average Bonchev–Trinajstić information content (AvgIpc) is 2.66. The highest BCUT2D eigenvalue weighted by molar-refractivity contribution is 4.92. The van der Waals surface area contributed by atoms with E-state index in [1.165, 1.54) is 19.3 Å². The molecule has 1 aromatic rings. The molecule has 0 spiro atoms. The van der Waals surface area contributed by atoms with E-state index < -0.39 is 0 Å². The third-order valence-electron chi connectivity index (χ3n) is 2.76. The van der Waals surface area contributed by atoms with Crippen LogP contribution in [0.1, 0.15) is 25.0 Å². The number of nitrogens with one attached hydrogen (secondary N) is 1. The summed E-state index contributed by atoms with van der Waals surface area (Å²) in [5.74, 6) is 0. The van der Waals surface area contributed by atoms with Crippen molar-refractivity contribution in [3.8, 4) is 0 Å². The summed E-state index contributed by atoms with van der Waals surface area (Å²) >= 11 is 0. The standard InChI is InChI=1S/C10H18N4O/c1-14-9(7-12-13-14)6-11-8-10-4-2-3-5-15-10/h7,10-11H,2-6,8H2,1H3. The maximum absolute atomic E-state index is 5.63. The molecule has 15 heavy (non-hydrogen) atoms. The molecule has 5 heteroatoms. The van der Waals surface area contributed by atoms with Gasteiger partial charge in [0.15, 0.2) is 0 Å². The van der Waals surface area contributed by atoms with Crippen LogP contribution in [0.5, 0.6) is 0 Å². The SMILES string of the molecule is Cn1nncc1CNCC1CCCCO1. The Hall–Kier alpha value is -0.940. The molecule has 0 saturated carbocycles. The third-order valence-corrected chi connectivity index (χ3v) is 2.76. The van der Waals surface area contributed by atoms with Gasteiger partial charge in [0.25, 0.3) is 0 Å². The first-order valence-corrected chi connectivity index (χ1v) is 5.52. The fraction of sp³-hybridized carbons (Fsp3) is 0.800. The van der Waals surface area contributed by atoms with E-state index >= 15 is 0 Å². The Morgan fingerprint density at radius 2 is 2.53 bits per heavy atom. The van der Waals surface area contributed by atoms with Gasteiger partial charge >= 0.3 is 0 Å². The van der Waals surface area contributed by atoms with E-state index in [9.17, 15) is 0 Å². The van der Waals surface area contributed by atoms with Crippen LogP contribution in [0.2, 0.25) is 0 Å². The van der Waals surface area contributed by atoms with Crippen LogP contribution in [0.15, 0.2) is 6.20 Å². The van der Waals surface area contributed by atoms with E-state index in [0.29, 0.717) is 6.10 Å². The molecule has 1 aromatic heterocycles. The van der Waals surface area contributed by atoms with E-state index in [0.717, 1.165) is 25.4 Å². The van der Waals surface area contributed by atoms with Crippen molar-refractivity contribution < 1.29 is 4.74 Å². The van der Waals surface area contributed by atoms with Crippen molar-refractivity contribution in [2.75, 3.05) is 13.2 Å². The van der Waals surface area contributed by atoms with Gasteiger partial charge in [-0.05, 0) is 19.3 Å². The minimum absolute atomic E-state index is 0.389. The Kier molecular flexibility index (Phi) is 3.69. The van der Waals surface area contributed by atoms with Gasteiger partial charge in [-0.15, -0.1) is 5.10 Å². The second-order valence-electron chi connectivity index (χ2n) is 3.97. The molecule has 1 aliphatic heterocycles. The number of nitrogens with zero attached hydrogens (tertiary/aromatic N) is 3. The maximum atomic E-state index is 5.63. The molecule has 5 nitrogen and oxygen atoms in total. The molecule has 84 valence electrons. The lowest BCUT2D eigenvalue weighted by molar-refractivity contribution is 0.0167. The summed E-state index contributed by atoms with van der Waals surface area (Å²) in [7, 11) is 1.90. The van der Waals surface area contributed by atoms with Gasteiger partial charge < -0.3 is 10.1 Å². The van der Waals surface area contributed by atoms with E-state index in [1.54, 1.807) is 10.9 Å². The van der Waals surface area contributed by atoms with Gasteiger partial charge in [-0.25, -0.2) is 0 Å². The van der Waals surface area contributed by atoms with Crippen LogP contribution >= 0.6 is 0 Å². The van der Waals surface area contributed by atoms with Gasteiger partial charge in [0.2, 0.25) is 0 Å².